The summed E-state index contributed by atoms with van der Waals surface area (Å²) in [6.45, 7) is 14.9. The smallest absolute Gasteiger partial charge is 0.192 e. The predicted octanol–water partition coefficient (Wildman–Crippen LogP) is 6.04. The number of ketones is 1. The molecule has 142 valence electrons. The van der Waals surface area contributed by atoms with Crippen LogP contribution in [0.2, 0.25) is 0 Å². The maximum atomic E-state index is 12.9. The highest BCUT2D eigenvalue weighted by atomic mass is 16.1. The Morgan fingerprint density at radius 1 is 1.04 bits per heavy atom. The van der Waals surface area contributed by atoms with Crippen LogP contribution in [0.25, 0.3) is 0 Å². The molecule has 0 aliphatic carbocycles. The van der Waals surface area contributed by atoms with Gasteiger partial charge in [-0.3, -0.25) is 4.79 Å². The highest BCUT2D eigenvalue weighted by Gasteiger charge is 2.29. The van der Waals surface area contributed by atoms with Gasteiger partial charge in [-0.2, -0.15) is 0 Å². The lowest BCUT2D eigenvalue weighted by Crippen LogP contribution is -2.40. The van der Waals surface area contributed by atoms with Crippen molar-refractivity contribution in [1.82, 2.24) is 5.32 Å². The van der Waals surface area contributed by atoms with Crippen molar-refractivity contribution < 1.29 is 4.79 Å². The summed E-state index contributed by atoms with van der Waals surface area (Å²) in [7, 11) is 2.00. The third-order valence-electron chi connectivity index (χ3n) is 5.06. The minimum Gasteiger partial charge on any atom is -0.315 e. The van der Waals surface area contributed by atoms with E-state index in [2.05, 4.69) is 52.1 Å². The van der Waals surface area contributed by atoms with Crippen LogP contribution in [0.4, 0.5) is 0 Å². The van der Waals surface area contributed by atoms with Crippen LogP contribution in [-0.2, 0) is 0 Å². The molecule has 1 N–H and O–H groups in total. The van der Waals surface area contributed by atoms with Crippen molar-refractivity contribution in [3.05, 3.63) is 70.8 Å². The van der Waals surface area contributed by atoms with Crippen molar-refractivity contribution in [1.29, 1.82) is 0 Å². The van der Waals surface area contributed by atoms with E-state index < -0.39 is 0 Å². The third kappa shape index (κ3) is 5.81. The molecule has 0 fully saturated rings. The Bertz CT molecular complexity index is 717. The lowest BCUT2D eigenvalue weighted by molar-refractivity contribution is 0.103. The number of hydrogen-bond donors (Lipinski definition) is 1. The molecule has 0 spiro atoms. The van der Waals surface area contributed by atoms with E-state index in [1.807, 2.05) is 57.3 Å². The molecule has 26 heavy (non-hydrogen) atoms. The highest BCUT2D eigenvalue weighted by Crippen LogP contribution is 2.36. The molecule has 0 aromatic heterocycles. The molecular formula is C24H35NO. The zero-order valence-corrected chi connectivity index (χ0v) is 17.7. The maximum Gasteiger partial charge on any atom is 0.192 e. The number of aryl methyl sites for hydroxylation is 1. The molecule has 2 nitrogen and oxygen atoms in total. The molecule has 0 unspecified atom stereocenters. The summed E-state index contributed by atoms with van der Waals surface area (Å²) < 4.78 is 0. The number of allylic oxidation sites excluding steroid dienone is 6. The van der Waals surface area contributed by atoms with Gasteiger partial charge in [-0.15, -0.1) is 0 Å². The molecular weight excluding hydrogens is 318 g/mol. The zero-order chi connectivity index (χ0) is 20.0. The number of hydrogen-bond acceptors (Lipinski definition) is 2. The summed E-state index contributed by atoms with van der Waals surface area (Å²) in [6, 6.07) is 7.74. The van der Waals surface area contributed by atoms with E-state index >= 15 is 0 Å². The molecule has 0 heterocycles. The summed E-state index contributed by atoms with van der Waals surface area (Å²) in [6.07, 6.45) is 9.09. The van der Waals surface area contributed by atoms with Crippen LogP contribution in [0.5, 0.6) is 0 Å². The van der Waals surface area contributed by atoms with E-state index in [4.69, 9.17) is 0 Å². The normalized spacial score (nSPS) is 14.2. The fourth-order valence-electron chi connectivity index (χ4n) is 3.47. The zero-order valence-electron chi connectivity index (χ0n) is 17.7. The molecule has 0 saturated heterocycles. The van der Waals surface area contributed by atoms with Gasteiger partial charge in [0.25, 0.3) is 0 Å². The molecule has 0 aliphatic rings. The van der Waals surface area contributed by atoms with Gasteiger partial charge in [0.2, 0.25) is 0 Å². The summed E-state index contributed by atoms with van der Waals surface area (Å²) >= 11 is 0. The average molecular weight is 354 g/mol. The summed E-state index contributed by atoms with van der Waals surface area (Å²) in [4.78, 5) is 12.9. The number of carbonyl (C=O) groups is 1. The third-order valence-corrected chi connectivity index (χ3v) is 5.06. The fraction of sp³-hybridized carbons (Fsp3) is 0.458. The van der Waals surface area contributed by atoms with Crippen LogP contribution in [0, 0.1) is 12.3 Å². The topological polar surface area (TPSA) is 29.1 Å². The number of carbonyl (C=O) groups excluding carboxylic acids is 1. The molecule has 1 aromatic carbocycles. The van der Waals surface area contributed by atoms with Crippen molar-refractivity contribution in [2.24, 2.45) is 5.41 Å². The first-order valence-electron chi connectivity index (χ1n) is 9.38. The van der Waals surface area contributed by atoms with Crippen LogP contribution < -0.4 is 5.32 Å². The molecule has 2 heteroatoms. The van der Waals surface area contributed by atoms with E-state index in [0.717, 1.165) is 23.1 Å². The van der Waals surface area contributed by atoms with Gasteiger partial charge in [-0.25, -0.2) is 0 Å². The van der Waals surface area contributed by atoms with Crippen LogP contribution in [0.1, 0.15) is 63.9 Å². The molecule has 0 radical (unpaired) electrons. The van der Waals surface area contributed by atoms with Gasteiger partial charge in [0.05, 0.1) is 0 Å². The molecule has 0 atom stereocenters. The number of Topliss-reactive ketones (excluding diaryl/α,β-unsaturated/α-hetero) is 1. The van der Waals surface area contributed by atoms with Gasteiger partial charge in [-0.1, -0.05) is 62.4 Å². The lowest BCUT2D eigenvalue weighted by atomic mass is 9.74. The van der Waals surface area contributed by atoms with Gasteiger partial charge in [0.1, 0.15) is 0 Å². The molecule has 1 rings (SSSR count). The van der Waals surface area contributed by atoms with E-state index in [0.29, 0.717) is 0 Å². The Kier molecular flexibility index (Phi) is 7.77. The summed E-state index contributed by atoms with van der Waals surface area (Å²) in [5.41, 5.74) is 3.78. The van der Waals surface area contributed by atoms with E-state index in [1.165, 1.54) is 5.57 Å². The number of nitrogens with one attached hydrogen (secondary N) is 1. The van der Waals surface area contributed by atoms with Crippen LogP contribution in [0.3, 0.4) is 0 Å². The second-order valence-electron chi connectivity index (χ2n) is 8.16. The quantitative estimate of drug-likeness (QED) is 0.351. The van der Waals surface area contributed by atoms with E-state index in [-0.39, 0.29) is 16.7 Å². The van der Waals surface area contributed by atoms with Crippen LogP contribution in [0.15, 0.2) is 59.7 Å². The first-order valence-corrected chi connectivity index (χ1v) is 9.38. The van der Waals surface area contributed by atoms with Gasteiger partial charge in [0.15, 0.2) is 5.78 Å². The summed E-state index contributed by atoms with van der Waals surface area (Å²) in [5, 5.41) is 3.38. The Balaban J connectivity index is 3.07. The lowest BCUT2D eigenvalue weighted by Gasteiger charge is -2.36. The molecule has 0 saturated carbocycles. The first-order chi connectivity index (χ1) is 12.1. The Morgan fingerprint density at radius 2 is 1.65 bits per heavy atom. The minimum absolute atomic E-state index is 0.00230. The maximum absolute atomic E-state index is 12.9. The van der Waals surface area contributed by atoms with Crippen molar-refractivity contribution in [2.75, 3.05) is 7.05 Å². The van der Waals surface area contributed by atoms with E-state index in [1.54, 1.807) is 0 Å². The predicted molar refractivity (Wildman–Crippen MR) is 114 cm³/mol. The van der Waals surface area contributed by atoms with Gasteiger partial charge >= 0.3 is 0 Å². The number of rotatable bonds is 8. The van der Waals surface area contributed by atoms with Crippen molar-refractivity contribution >= 4 is 5.78 Å². The van der Waals surface area contributed by atoms with Gasteiger partial charge in [0, 0.05) is 16.7 Å². The largest absolute Gasteiger partial charge is 0.315 e. The minimum atomic E-state index is 0.00230. The van der Waals surface area contributed by atoms with Crippen LogP contribution in [-0.4, -0.2) is 18.4 Å². The van der Waals surface area contributed by atoms with Crippen molar-refractivity contribution in [2.45, 2.75) is 60.4 Å². The average Bonchev–Trinajstić information content (AvgIpc) is 2.57. The van der Waals surface area contributed by atoms with Crippen molar-refractivity contribution in [3.63, 3.8) is 0 Å². The Hall–Kier alpha value is -1.93. The standard InChI is InChI=1S/C24H35NO/c1-9-19(22(26)21-14-12-11-13-18(21)3)15-16-20(10-2)23(4,5)17-24(6,7)25-8/h9-16,25H,17H2,1-8H3/b16-15-,19-9+,20-10+. The second-order valence-corrected chi connectivity index (χ2v) is 8.16. The Labute approximate surface area is 160 Å². The molecule has 1 aromatic rings. The molecule has 0 bridgehead atoms. The monoisotopic (exact) mass is 353 g/mol. The van der Waals surface area contributed by atoms with Gasteiger partial charge in [-0.05, 0) is 64.6 Å². The molecule has 0 amide bonds. The van der Waals surface area contributed by atoms with Gasteiger partial charge < -0.3 is 5.32 Å². The fourth-order valence-corrected chi connectivity index (χ4v) is 3.47. The summed E-state index contributed by atoms with van der Waals surface area (Å²) in [5.74, 6) is 0.0747. The highest BCUT2D eigenvalue weighted by molar-refractivity contribution is 6.11. The van der Waals surface area contributed by atoms with Crippen LogP contribution >= 0.6 is 0 Å². The van der Waals surface area contributed by atoms with Crippen molar-refractivity contribution in [3.8, 4) is 0 Å². The SMILES string of the molecule is C\C=C(/C=C\C(=C/C)C(C)(C)CC(C)(C)NC)C(=O)c1ccccc1C. The van der Waals surface area contributed by atoms with E-state index in [9.17, 15) is 4.79 Å². The number of benzene rings is 1. The Morgan fingerprint density at radius 3 is 2.15 bits per heavy atom. The molecule has 0 aliphatic heterocycles. The first kappa shape index (κ1) is 22.1. The second kappa shape index (κ2) is 9.14.